The third-order valence-electron chi connectivity index (χ3n) is 4.42. The maximum atomic E-state index is 12.6. The highest BCUT2D eigenvalue weighted by Gasteiger charge is 2.62. The van der Waals surface area contributed by atoms with E-state index in [2.05, 4.69) is 0 Å². The van der Waals surface area contributed by atoms with Crippen LogP contribution in [0.2, 0.25) is 0 Å². The van der Waals surface area contributed by atoms with Gasteiger partial charge in [0.15, 0.2) is 0 Å². The Morgan fingerprint density at radius 2 is 1.91 bits per heavy atom. The summed E-state index contributed by atoms with van der Waals surface area (Å²) in [7, 11) is 0. The normalized spacial score (nSPS) is 26.7. The summed E-state index contributed by atoms with van der Waals surface area (Å²) < 4.78 is 0. The lowest BCUT2D eigenvalue weighted by Crippen LogP contribution is -2.77. The summed E-state index contributed by atoms with van der Waals surface area (Å²) in [6.45, 7) is 5.86. The number of aliphatic hydroxyl groups excluding tert-OH is 1. The molecule has 3 amide bonds. The monoisotopic (exact) mass is 315 g/mol. The maximum Gasteiger partial charge on any atom is 0.251 e. The van der Waals surface area contributed by atoms with Gasteiger partial charge in [-0.25, -0.2) is 0 Å². The predicted molar refractivity (Wildman–Crippen MR) is 78.5 cm³/mol. The molecule has 8 nitrogen and oxygen atoms in total. The number of rotatable bonds is 4. The summed E-state index contributed by atoms with van der Waals surface area (Å²) in [5.74, 6) is -1.23. The molecule has 3 atom stereocenters. The van der Waals surface area contributed by atoms with Gasteiger partial charge in [0.05, 0.1) is 12.6 Å². The van der Waals surface area contributed by atoms with E-state index < -0.39 is 23.6 Å². The molecule has 2 aliphatic heterocycles. The van der Waals surface area contributed by atoms with Crippen LogP contribution < -0.4 is 5.73 Å². The van der Waals surface area contributed by atoms with Crippen molar-refractivity contribution in [2.75, 3.05) is 13.1 Å². The second-order valence-corrected chi connectivity index (χ2v) is 6.30. The van der Waals surface area contributed by atoms with Crippen molar-refractivity contribution in [1.82, 2.24) is 9.80 Å². The standard InChI is InChI=1S/C14H23N3O4.H2O/c1-8(2)12(20)17-6-4-5-14(17)7-16(13(14)21)10(9(3)18)11(15)19;/h8-10,18H,4-7H2,1-3H3,(H2,15,19);1H2. The average Bonchev–Trinajstić information content (AvgIpc) is 2.82. The van der Waals surface area contributed by atoms with Crippen LogP contribution in [0, 0.1) is 5.92 Å². The topological polar surface area (TPSA) is 135 Å². The number of hydrogen-bond acceptors (Lipinski definition) is 4. The average molecular weight is 315 g/mol. The van der Waals surface area contributed by atoms with Crippen molar-refractivity contribution in [1.29, 1.82) is 0 Å². The molecule has 0 aromatic heterocycles. The van der Waals surface area contributed by atoms with Crippen LogP contribution in [0.3, 0.4) is 0 Å². The molecule has 3 unspecified atom stereocenters. The predicted octanol–water partition coefficient (Wildman–Crippen LogP) is -1.74. The molecule has 5 N–H and O–H groups in total. The fourth-order valence-electron chi connectivity index (χ4n) is 3.37. The molecule has 0 aromatic carbocycles. The van der Waals surface area contributed by atoms with Gasteiger partial charge in [-0.05, 0) is 19.8 Å². The van der Waals surface area contributed by atoms with Crippen LogP contribution in [0.1, 0.15) is 33.6 Å². The van der Waals surface area contributed by atoms with Crippen molar-refractivity contribution < 1.29 is 25.0 Å². The summed E-state index contributed by atoms with van der Waals surface area (Å²) in [6.07, 6.45) is 0.347. The van der Waals surface area contributed by atoms with Crippen LogP contribution in [0.4, 0.5) is 0 Å². The first kappa shape index (κ1) is 18.4. The van der Waals surface area contributed by atoms with Gasteiger partial charge in [-0.3, -0.25) is 14.4 Å². The number of nitrogens with zero attached hydrogens (tertiary/aromatic N) is 2. The molecule has 0 radical (unpaired) electrons. The smallest absolute Gasteiger partial charge is 0.251 e. The fourth-order valence-corrected chi connectivity index (χ4v) is 3.37. The zero-order chi connectivity index (χ0) is 15.9. The number of β-lactam (4-membered cyclic amide) rings is 1. The third kappa shape index (κ3) is 2.56. The Bertz CT molecular complexity index is 479. The highest BCUT2D eigenvalue weighted by molar-refractivity contribution is 6.00. The highest BCUT2D eigenvalue weighted by Crippen LogP contribution is 2.41. The van der Waals surface area contributed by atoms with Crippen molar-refractivity contribution in [2.45, 2.75) is 51.3 Å². The van der Waals surface area contributed by atoms with Crippen LogP contribution in [0.5, 0.6) is 0 Å². The van der Waals surface area contributed by atoms with E-state index in [9.17, 15) is 19.5 Å². The van der Waals surface area contributed by atoms with Crippen molar-refractivity contribution in [3.05, 3.63) is 0 Å². The van der Waals surface area contributed by atoms with Gasteiger partial charge in [0.2, 0.25) is 11.8 Å². The zero-order valence-electron chi connectivity index (χ0n) is 13.2. The van der Waals surface area contributed by atoms with E-state index in [0.29, 0.717) is 13.0 Å². The molecule has 0 saturated carbocycles. The Labute approximate surface area is 129 Å². The van der Waals surface area contributed by atoms with E-state index in [4.69, 9.17) is 5.73 Å². The van der Waals surface area contributed by atoms with Gasteiger partial charge < -0.3 is 26.1 Å². The third-order valence-corrected chi connectivity index (χ3v) is 4.42. The summed E-state index contributed by atoms with van der Waals surface area (Å²) in [5, 5.41) is 9.66. The van der Waals surface area contributed by atoms with Crippen molar-refractivity contribution in [2.24, 2.45) is 11.7 Å². The van der Waals surface area contributed by atoms with Gasteiger partial charge in [-0.15, -0.1) is 0 Å². The van der Waals surface area contributed by atoms with E-state index in [1.807, 2.05) is 0 Å². The maximum absolute atomic E-state index is 12.6. The van der Waals surface area contributed by atoms with Gasteiger partial charge in [-0.1, -0.05) is 13.8 Å². The van der Waals surface area contributed by atoms with Crippen LogP contribution >= 0.6 is 0 Å². The molecule has 0 bridgehead atoms. The Hall–Kier alpha value is -1.67. The van der Waals surface area contributed by atoms with Gasteiger partial charge in [0.1, 0.15) is 11.6 Å². The van der Waals surface area contributed by atoms with Gasteiger partial charge in [-0.2, -0.15) is 0 Å². The van der Waals surface area contributed by atoms with E-state index in [1.54, 1.807) is 18.7 Å². The molecule has 2 saturated heterocycles. The van der Waals surface area contributed by atoms with E-state index in [-0.39, 0.29) is 29.8 Å². The molecule has 2 fully saturated rings. The number of carbonyl (C=O) groups is 3. The quantitative estimate of drug-likeness (QED) is 0.595. The molecule has 1 spiro atoms. The minimum atomic E-state index is -1.03. The second kappa shape index (κ2) is 6.21. The number of nitrogens with two attached hydrogens (primary N) is 1. The number of carbonyl (C=O) groups excluding carboxylic acids is 3. The van der Waals surface area contributed by atoms with Crippen molar-refractivity contribution >= 4 is 17.7 Å². The van der Waals surface area contributed by atoms with Crippen LogP contribution in [0.15, 0.2) is 0 Å². The number of hydrogen-bond donors (Lipinski definition) is 2. The molecular weight excluding hydrogens is 290 g/mol. The second-order valence-electron chi connectivity index (χ2n) is 6.30. The van der Waals surface area contributed by atoms with E-state index in [0.717, 1.165) is 6.42 Å². The molecule has 2 aliphatic rings. The first-order valence-corrected chi connectivity index (χ1v) is 7.32. The summed E-state index contributed by atoms with van der Waals surface area (Å²) in [6, 6.07) is -1.03. The molecule has 0 aromatic rings. The minimum Gasteiger partial charge on any atom is -0.412 e. The van der Waals surface area contributed by atoms with Crippen molar-refractivity contribution in [3.8, 4) is 0 Å². The fraction of sp³-hybridized carbons (Fsp3) is 0.786. The van der Waals surface area contributed by atoms with Gasteiger partial charge >= 0.3 is 0 Å². The van der Waals surface area contributed by atoms with Crippen molar-refractivity contribution in [3.63, 3.8) is 0 Å². The Morgan fingerprint density at radius 3 is 2.32 bits per heavy atom. The van der Waals surface area contributed by atoms with Gasteiger partial charge in [0.25, 0.3) is 5.91 Å². The van der Waals surface area contributed by atoms with Gasteiger partial charge in [0, 0.05) is 12.5 Å². The lowest BCUT2D eigenvalue weighted by atomic mass is 9.83. The molecule has 8 heteroatoms. The van der Waals surface area contributed by atoms with Crippen LogP contribution in [-0.4, -0.2) is 68.9 Å². The summed E-state index contributed by atoms with van der Waals surface area (Å²) >= 11 is 0. The lowest BCUT2D eigenvalue weighted by Gasteiger charge is -2.53. The summed E-state index contributed by atoms with van der Waals surface area (Å²) in [4.78, 5) is 39.2. The molecule has 0 aliphatic carbocycles. The number of amides is 3. The molecule has 2 rings (SSSR count). The first-order valence-electron chi connectivity index (χ1n) is 7.32. The Morgan fingerprint density at radius 1 is 1.32 bits per heavy atom. The number of primary amides is 1. The largest absolute Gasteiger partial charge is 0.412 e. The molecule has 22 heavy (non-hydrogen) atoms. The number of aliphatic hydroxyl groups is 1. The number of likely N-dealkylation sites (tertiary alicyclic amines) is 2. The Balaban J connectivity index is 0.00000242. The van der Waals surface area contributed by atoms with E-state index >= 15 is 0 Å². The highest BCUT2D eigenvalue weighted by atomic mass is 16.3. The molecule has 2 heterocycles. The Kier molecular flexibility index (Phi) is 5.19. The first-order chi connectivity index (χ1) is 9.72. The molecular formula is C14H25N3O5. The zero-order valence-corrected chi connectivity index (χ0v) is 13.2. The van der Waals surface area contributed by atoms with E-state index in [1.165, 1.54) is 11.8 Å². The van der Waals surface area contributed by atoms with Crippen LogP contribution in [-0.2, 0) is 14.4 Å². The van der Waals surface area contributed by atoms with Crippen LogP contribution in [0.25, 0.3) is 0 Å². The SMILES string of the molecule is CC(C)C(=O)N1CCCC12CN(C(C(N)=O)C(C)O)C2=O.O. The summed E-state index contributed by atoms with van der Waals surface area (Å²) in [5.41, 5.74) is 4.44. The molecule has 126 valence electrons. The lowest BCUT2D eigenvalue weighted by molar-refractivity contribution is -0.176. The minimum absolute atomic E-state index is 0.